The van der Waals surface area contributed by atoms with Gasteiger partial charge in [0.1, 0.15) is 29.1 Å². The molecule has 5 aromatic heterocycles. The maximum atomic E-state index is 5.99. The molecule has 2 aliphatic heterocycles. The van der Waals surface area contributed by atoms with E-state index in [1.807, 2.05) is 52.0 Å². The van der Waals surface area contributed by atoms with Crippen LogP contribution in [0.3, 0.4) is 0 Å². The van der Waals surface area contributed by atoms with Gasteiger partial charge in [0.15, 0.2) is 0 Å². The van der Waals surface area contributed by atoms with Crippen LogP contribution in [0.1, 0.15) is 48.5 Å². The Morgan fingerprint density at radius 2 is 1.28 bits per heavy atom. The normalized spacial score (nSPS) is 17.2. The first-order valence-electron chi connectivity index (χ1n) is 16.9. The smallest absolute Gasteiger partial charge is 0.254 e. The summed E-state index contributed by atoms with van der Waals surface area (Å²) in [5.74, 6) is 4.47. The van der Waals surface area contributed by atoms with Crippen molar-refractivity contribution in [3.05, 3.63) is 65.6 Å². The van der Waals surface area contributed by atoms with Crippen molar-refractivity contribution in [2.75, 3.05) is 61.4 Å². The summed E-state index contributed by atoms with van der Waals surface area (Å²) in [4.78, 5) is 31.4. The SMILES string of the molecule is COC[C@H]1CCCN1c1cc(N)nc(-n2nc(C)cc2C)n1.COC[C@H]1CCCN1c1cc(Nc2cnccn2)nc(-n2nc(C)cc2C)n1. The van der Waals surface area contributed by atoms with Crippen molar-refractivity contribution in [2.45, 2.75) is 65.5 Å². The van der Waals surface area contributed by atoms with Crippen molar-refractivity contribution < 1.29 is 9.47 Å². The lowest BCUT2D eigenvalue weighted by Gasteiger charge is -2.26. The summed E-state index contributed by atoms with van der Waals surface area (Å²) in [5.41, 5.74) is 9.82. The van der Waals surface area contributed by atoms with E-state index in [9.17, 15) is 0 Å². The van der Waals surface area contributed by atoms with Crippen molar-refractivity contribution in [1.82, 2.24) is 49.5 Å². The Balaban J connectivity index is 0.000000178. The first-order chi connectivity index (χ1) is 24.2. The predicted molar refractivity (Wildman–Crippen MR) is 191 cm³/mol. The van der Waals surface area contributed by atoms with E-state index < -0.39 is 0 Å². The molecule has 50 heavy (non-hydrogen) atoms. The average molecular weight is 683 g/mol. The Hall–Kier alpha value is -5.22. The Kier molecular flexibility index (Phi) is 10.8. The molecule has 2 aliphatic rings. The van der Waals surface area contributed by atoms with Gasteiger partial charge >= 0.3 is 0 Å². The van der Waals surface area contributed by atoms with Crippen molar-refractivity contribution in [3.63, 3.8) is 0 Å². The fraction of sp³-hybridized carbons (Fsp3) is 0.471. The van der Waals surface area contributed by atoms with E-state index in [0.29, 0.717) is 54.6 Å². The number of nitrogen functional groups attached to an aromatic ring is 1. The molecule has 0 spiro atoms. The van der Waals surface area contributed by atoms with Crippen LogP contribution < -0.4 is 20.9 Å². The number of ether oxygens (including phenoxy) is 2. The zero-order valence-electron chi connectivity index (χ0n) is 29.6. The molecule has 0 radical (unpaired) electrons. The molecule has 5 aromatic rings. The molecule has 2 atom stereocenters. The number of nitrogens with two attached hydrogens (primary N) is 1. The molecule has 16 nitrogen and oxygen atoms in total. The summed E-state index contributed by atoms with van der Waals surface area (Å²) in [6.07, 6.45) is 9.37. The number of anilines is 5. The van der Waals surface area contributed by atoms with Gasteiger partial charge in [0.05, 0.1) is 42.9 Å². The quantitative estimate of drug-likeness (QED) is 0.217. The van der Waals surface area contributed by atoms with E-state index >= 15 is 0 Å². The van der Waals surface area contributed by atoms with E-state index in [0.717, 1.165) is 73.2 Å². The number of nitrogens with zero attached hydrogens (tertiary/aromatic N) is 12. The standard InChI is InChI=1S/C19H24N8O.C15H22N6O/c1-13-9-14(2)27(25-13)19-23-16(22-17-11-20-6-7-21-17)10-18(24-19)26-8-4-5-15(26)12-28-3;1-10-7-11(2)21(19-10)15-17-13(16)8-14(18-15)20-6-4-5-12(20)9-22-3/h6-7,9-11,15H,4-5,8,12H2,1-3H3,(H,21,22,23,24);7-8,12H,4-6,9H2,1-3H3,(H2,16,17,18)/t15-;12-/m11/s1. The molecule has 3 N–H and O–H groups in total. The molecule has 0 saturated carbocycles. The molecular weight excluding hydrogens is 636 g/mol. The highest BCUT2D eigenvalue weighted by Gasteiger charge is 2.28. The predicted octanol–water partition coefficient (Wildman–Crippen LogP) is 3.90. The van der Waals surface area contributed by atoms with Crippen LogP contribution in [0.5, 0.6) is 0 Å². The first-order valence-corrected chi connectivity index (χ1v) is 16.9. The molecule has 0 aliphatic carbocycles. The highest BCUT2D eigenvalue weighted by atomic mass is 16.5. The second-order valence-corrected chi connectivity index (χ2v) is 12.6. The van der Waals surface area contributed by atoms with Gasteiger partial charge in [0.25, 0.3) is 11.9 Å². The minimum atomic E-state index is 0.303. The third kappa shape index (κ3) is 7.97. The van der Waals surface area contributed by atoms with Crippen molar-refractivity contribution in [3.8, 4) is 11.9 Å². The summed E-state index contributed by atoms with van der Waals surface area (Å²) < 4.78 is 14.2. The molecule has 0 aromatic carbocycles. The molecule has 0 bridgehead atoms. The lowest BCUT2D eigenvalue weighted by atomic mass is 10.2. The fourth-order valence-corrected chi connectivity index (χ4v) is 6.57. The Labute approximate surface area is 292 Å². The van der Waals surface area contributed by atoms with Crippen molar-refractivity contribution >= 4 is 29.1 Å². The van der Waals surface area contributed by atoms with Gasteiger partial charge in [-0.3, -0.25) is 4.98 Å². The second kappa shape index (κ2) is 15.6. The third-order valence-electron chi connectivity index (χ3n) is 8.70. The molecule has 0 amide bonds. The molecule has 2 fully saturated rings. The van der Waals surface area contributed by atoms with Crippen LogP contribution in [0.4, 0.5) is 29.1 Å². The lowest BCUT2D eigenvalue weighted by molar-refractivity contribution is 0.180. The molecular formula is C34H46N14O2. The number of aromatic nitrogens is 10. The molecule has 264 valence electrons. The number of aryl methyl sites for hydroxylation is 4. The summed E-state index contributed by atoms with van der Waals surface area (Å²) in [7, 11) is 3.46. The molecule has 0 unspecified atom stereocenters. The van der Waals surface area contributed by atoms with E-state index in [2.05, 4.69) is 50.2 Å². The lowest BCUT2D eigenvalue weighted by Crippen LogP contribution is -2.33. The highest BCUT2D eigenvalue weighted by Crippen LogP contribution is 2.28. The zero-order valence-corrected chi connectivity index (χ0v) is 29.6. The zero-order chi connectivity index (χ0) is 35.2. The van der Waals surface area contributed by atoms with E-state index in [1.54, 1.807) is 42.2 Å². The largest absolute Gasteiger partial charge is 0.383 e. The summed E-state index contributed by atoms with van der Waals surface area (Å²) in [6, 6.07) is 8.41. The molecule has 2 saturated heterocycles. The topological polar surface area (TPSA) is 176 Å². The van der Waals surface area contributed by atoms with Crippen LogP contribution in [-0.2, 0) is 9.47 Å². The number of hydrogen-bond acceptors (Lipinski definition) is 14. The van der Waals surface area contributed by atoms with Crippen LogP contribution in [0.15, 0.2) is 42.9 Å². The second-order valence-electron chi connectivity index (χ2n) is 12.6. The average Bonchev–Trinajstić information content (AvgIpc) is 3.89. The summed E-state index contributed by atoms with van der Waals surface area (Å²) in [6.45, 7) is 11.1. The van der Waals surface area contributed by atoms with Crippen molar-refractivity contribution in [2.24, 2.45) is 0 Å². The van der Waals surface area contributed by atoms with Crippen molar-refractivity contribution in [1.29, 1.82) is 0 Å². The van der Waals surface area contributed by atoms with Crippen LogP contribution in [-0.4, -0.2) is 102 Å². The highest BCUT2D eigenvalue weighted by molar-refractivity contribution is 5.58. The van der Waals surface area contributed by atoms with Gasteiger partial charge in [-0.25, -0.2) is 14.3 Å². The number of rotatable bonds is 10. The maximum absolute atomic E-state index is 5.99. The number of methoxy groups -OCH3 is 2. The van der Waals surface area contributed by atoms with Gasteiger partial charge in [0.2, 0.25) is 0 Å². The van der Waals surface area contributed by atoms with Gasteiger partial charge in [-0.1, -0.05) is 0 Å². The Bertz CT molecular complexity index is 1880. The fourth-order valence-electron chi connectivity index (χ4n) is 6.57. The number of hydrogen-bond donors (Lipinski definition) is 2. The van der Waals surface area contributed by atoms with E-state index in [-0.39, 0.29) is 0 Å². The summed E-state index contributed by atoms with van der Waals surface area (Å²) in [5, 5.41) is 12.2. The van der Waals surface area contributed by atoms with Crippen LogP contribution in [0, 0.1) is 27.7 Å². The Morgan fingerprint density at radius 3 is 1.78 bits per heavy atom. The van der Waals surface area contributed by atoms with Gasteiger partial charge in [-0.2, -0.15) is 30.1 Å². The summed E-state index contributed by atoms with van der Waals surface area (Å²) >= 11 is 0. The third-order valence-corrected chi connectivity index (χ3v) is 8.70. The van der Waals surface area contributed by atoms with Gasteiger partial charge < -0.3 is 30.3 Å². The van der Waals surface area contributed by atoms with Crippen LogP contribution >= 0.6 is 0 Å². The molecule has 7 heterocycles. The molecule has 16 heteroatoms. The maximum Gasteiger partial charge on any atom is 0.254 e. The first kappa shape index (κ1) is 34.6. The minimum Gasteiger partial charge on any atom is -0.383 e. The van der Waals surface area contributed by atoms with Gasteiger partial charge in [-0.15, -0.1) is 0 Å². The Morgan fingerprint density at radius 1 is 0.720 bits per heavy atom. The minimum absolute atomic E-state index is 0.303. The van der Waals surface area contributed by atoms with E-state index in [1.165, 1.54) is 0 Å². The van der Waals surface area contributed by atoms with Crippen LogP contribution in [0.25, 0.3) is 11.9 Å². The van der Waals surface area contributed by atoms with E-state index in [4.69, 9.17) is 20.2 Å². The molecule has 7 rings (SSSR count). The van der Waals surface area contributed by atoms with Gasteiger partial charge in [-0.05, 0) is 65.5 Å². The number of nitrogens with one attached hydrogen (secondary N) is 1. The van der Waals surface area contributed by atoms with Crippen LogP contribution in [0.2, 0.25) is 0 Å². The monoisotopic (exact) mass is 682 g/mol. The van der Waals surface area contributed by atoms with Gasteiger partial charge in [0, 0.05) is 63.2 Å².